The van der Waals surface area contributed by atoms with Crippen molar-refractivity contribution in [3.63, 3.8) is 0 Å². The Morgan fingerprint density at radius 1 is 1.20 bits per heavy atom. The number of aromatic nitrogens is 7. The number of carbonyl (C=O) groups excluding carboxylic acids is 1. The van der Waals surface area contributed by atoms with Crippen LogP contribution in [0.4, 0.5) is 23.1 Å². The lowest BCUT2D eigenvalue weighted by Crippen LogP contribution is -2.16. The SMILES string of the molecule is COc1c(Nc2nc(Nc3cnn(CCC(C)C)c3)ncc2C(N)=O)cccc1-c1ncn(C)n1. The first-order valence-electron chi connectivity index (χ1n) is 11.1. The van der Waals surface area contributed by atoms with Crippen molar-refractivity contribution in [3.05, 3.63) is 48.7 Å². The first-order chi connectivity index (χ1) is 16.8. The number of methoxy groups -OCH3 is 1. The largest absolute Gasteiger partial charge is 0.494 e. The quantitative estimate of drug-likeness (QED) is 0.313. The number of anilines is 4. The zero-order chi connectivity index (χ0) is 24.9. The summed E-state index contributed by atoms with van der Waals surface area (Å²) in [6.45, 7) is 5.15. The van der Waals surface area contributed by atoms with E-state index in [2.05, 4.69) is 49.6 Å². The van der Waals surface area contributed by atoms with E-state index < -0.39 is 5.91 Å². The summed E-state index contributed by atoms with van der Waals surface area (Å²) in [6.07, 6.45) is 7.58. The van der Waals surface area contributed by atoms with Gasteiger partial charge in [0.15, 0.2) is 11.6 Å². The molecule has 0 aliphatic heterocycles. The molecule has 0 aliphatic rings. The van der Waals surface area contributed by atoms with Gasteiger partial charge in [0.25, 0.3) is 5.91 Å². The molecule has 0 spiro atoms. The second-order valence-electron chi connectivity index (χ2n) is 8.37. The maximum atomic E-state index is 12.1. The molecule has 0 atom stereocenters. The number of nitrogens with one attached hydrogen (secondary N) is 2. The van der Waals surface area contributed by atoms with Gasteiger partial charge in [-0.2, -0.15) is 15.2 Å². The molecule has 0 unspecified atom stereocenters. The summed E-state index contributed by atoms with van der Waals surface area (Å²) >= 11 is 0. The van der Waals surface area contributed by atoms with Gasteiger partial charge in [-0.25, -0.2) is 9.97 Å². The lowest BCUT2D eigenvalue weighted by molar-refractivity contribution is 0.100. The number of hydrogen-bond donors (Lipinski definition) is 3. The molecule has 4 aromatic rings. The van der Waals surface area contributed by atoms with E-state index in [-0.39, 0.29) is 17.3 Å². The minimum Gasteiger partial charge on any atom is -0.494 e. The molecule has 35 heavy (non-hydrogen) atoms. The lowest BCUT2D eigenvalue weighted by Gasteiger charge is -2.15. The number of nitrogens with zero attached hydrogens (tertiary/aromatic N) is 7. The van der Waals surface area contributed by atoms with Crippen molar-refractivity contribution in [2.24, 2.45) is 18.7 Å². The van der Waals surface area contributed by atoms with Crippen molar-refractivity contribution in [2.75, 3.05) is 17.7 Å². The van der Waals surface area contributed by atoms with Crippen LogP contribution in [0, 0.1) is 5.92 Å². The molecule has 3 heterocycles. The number of para-hydroxylation sites is 1. The third-order valence-corrected chi connectivity index (χ3v) is 5.19. The molecule has 0 bridgehead atoms. The molecule has 3 aromatic heterocycles. The van der Waals surface area contributed by atoms with E-state index in [1.165, 1.54) is 6.20 Å². The van der Waals surface area contributed by atoms with E-state index >= 15 is 0 Å². The number of aryl methyl sites for hydroxylation is 2. The molecule has 182 valence electrons. The monoisotopic (exact) mass is 476 g/mol. The number of carbonyl (C=O) groups is 1. The van der Waals surface area contributed by atoms with Crippen LogP contribution in [0.15, 0.2) is 43.1 Å². The Bertz CT molecular complexity index is 1330. The van der Waals surface area contributed by atoms with Gasteiger partial charge in [0.2, 0.25) is 5.95 Å². The molecule has 0 saturated heterocycles. The van der Waals surface area contributed by atoms with E-state index in [9.17, 15) is 4.79 Å². The van der Waals surface area contributed by atoms with Crippen LogP contribution in [-0.4, -0.2) is 47.5 Å². The van der Waals surface area contributed by atoms with Crippen LogP contribution in [0.2, 0.25) is 0 Å². The summed E-state index contributed by atoms with van der Waals surface area (Å²) in [5.41, 5.74) is 7.68. The number of hydrogen-bond acceptors (Lipinski definition) is 9. The average Bonchev–Trinajstić information content (AvgIpc) is 3.46. The van der Waals surface area contributed by atoms with Crippen LogP contribution >= 0.6 is 0 Å². The number of ether oxygens (including phenoxy) is 1. The highest BCUT2D eigenvalue weighted by molar-refractivity contribution is 5.98. The van der Waals surface area contributed by atoms with Crippen LogP contribution in [0.5, 0.6) is 5.75 Å². The molecule has 1 amide bonds. The Labute approximate surface area is 202 Å². The van der Waals surface area contributed by atoms with Gasteiger partial charge in [0.1, 0.15) is 17.7 Å². The topological polar surface area (TPSA) is 151 Å². The number of rotatable bonds is 10. The third-order valence-electron chi connectivity index (χ3n) is 5.19. The van der Waals surface area contributed by atoms with Crippen molar-refractivity contribution >= 4 is 29.0 Å². The van der Waals surface area contributed by atoms with Gasteiger partial charge in [0.05, 0.1) is 30.2 Å². The van der Waals surface area contributed by atoms with Gasteiger partial charge in [0, 0.05) is 26.0 Å². The van der Waals surface area contributed by atoms with E-state index in [1.807, 2.05) is 23.0 Å². The summed E-state index contributed by atoms with van der Waals surface area (Å²) in [5, 5.41) is 15.0. The van der Waals surface area contributed by atoms with Gasteiger partial charge in [-0.05, 0) is 24.5 Å². The summed E-state index contributed by atoms with van der Waals surface area (Å²) in [7, 11) is 3.33. The number of amides is 1. The fraction of sp³-hybridized carbons (Fsp3) is 0.304. The normalized spacial score (nSPS) is 11.0. The summed E-state index contributed by atoms with van der Waals surface area (Å²) in [4.78, 5) is 25.1. The summed E-state index contributed by atoms with van der Waals surface area (Å²) < 4.78 is 9.11. The highest BCUT2D eigenvalue weighted by atomic mass is 16.5. The van der Waals surface area contributed by atoms with Crippen LogP contribution in [0.25, 0.3) is 11.4 Å². The first-order valence-corrected chi connectivity index (χ1v) is 11.1. The molecule has 4 rings (SSSR count). The average molecular weight is 477 g/mol. The molecule has 0 radical (unpaired) electrons. The predicted molar refractivity (Wildman–Crippen MR) is 132 cm³/mol. The van der Waals surface area contributed by atoms with Gasteiger partial charge in [-0.3, -0.25) is 14.2 Å². The van der Waals surface area contributed by atoms with E-state index in [4.69, 9.17) is 10.5 Å². The molecule has 4 N–H and O–H groups in total. The maximum absolute atomic E-state index is 12.1. The Morgan fingerprint density at radius 2 is 2.03 bits per heavy atom. The van der Waals surface area contributed by atoms with Crippen LogP contribution in [-0.2, 0) is 13.6 Å². The van der Waals surface area contributed by atoms with Crippen molar-refractivity contribution in [1.29, 1.82) is 0 Å². The third kappa shape index (κ3) is 5.54. The fourth-order valence-corrected chi connectivity index (χ4v) is 3.41. The van der Waals surface area contributed by atoms with Crippen molar-refractivity contribution in [2.45, 2.75) is 26.8 Å². The van der Waals surface area contributed by atoms with Crippen LogP contribution < -0.4 is 21.1 Å². The minimum atomic E-state index is -0.665. The van der Waals surface area contributed by atoms with Crippen LogP contribution in [0.1, 0.15) is 30.6 Å². The molecular formula is C23H28N10O2. The van der Waals surface area contributed by atoms with E-state index in [1.54, 1.807) is 37.4 Å². The first kappa shape index (κ1) is 23.7. The lowest BCUT2D eigenvalue weighted by atomic mass is 10.1. The number of primary amides is 1. The molecule has 1 aromatic carbocycles. The zero-order valence-electron chi connectivity index (χ0n) is 20.1. The second kappa shape index (κ2) is 10.2. The van der Waals surface area contributed by atoms with Crippen molar-refractivity contribution < 1.29 is 9.53 Å². The smallest absolute Gasteiger partial charge is 0.254 e. The van der Waals surface area contributed by atoms with Gasteiger partial charge in [-0.15, -0.1) is 0 Å². The predicted octanol–water partition coefficient (Wildman–Crippen LogP) is 3.11. The molecule has 0 aliphatic carbocycles. The standard InChI is InChI=1S/C23H28N10O2/c1-14(2)8-9-33-12-15(10-27-33)28-23-25-11-17(20(24)34)22(30-23)29-18-7-5-6-16(19(18)35-4)21-26-13-32(3)31-21/h5-7,10-14H,8-9H2,1-4H3,(H2,24,34)(H2,25,28,29,30). The summed E-state index contributed by atoms with van der Waals surface area (Å²) in [5.74, 6) is 1.42. The molecule has 0 fully saturated rings. The molecule has 0 saturated carbocycles. The number of benzene rings is 1. The maximum Gasteiger partial charge on any atom is 0.254 e. The molecule has 12 nitrogen and oxygen atoms in total. The van der Waals surface area contributed by atoms with Gasteiger partial charge < -0.3 is 21.1 Å². The zero-order valence-corrected chi connectivity index (χ0v) is 20.1. The van der Waals surface area contributed by atoms with Crippen LogP contribution in [0.3, 0.4) is 0 Å². The Morgan fingerprint density at radius 3 is 2.71 bits per heavy atom. The highest BCUT2D eigenvalue weighted by Gasteiger charge is 2.18. The Hall–Kier alpha value is -4.48. The molecular weight excluding hydrogens is 448 g/mol. The number of nitrogens with two attached hydrogens (primary N) is 1. The van der Waals surface area contributed by atoms with Gasteiger partial charge in [-0.1, -0.05) is 19.9 Å². The Balaban J connectivity index is 1.62. The minimum absolute atomic E-state index is 0.131. The second-order valence-corrected chi connectivity index (χ2v) is 8.37. The van der Waals surface area contributed by atoms with Crippen molar-refractivity contribution in [3.8, 4) is 17.1 Å². The van der Waals surface area contributed by atoms with Crippen molar-refractivity contribution in [1.82, 2.24) is 34.5 Å². The Kier molecular flexibility index (Phi) is 6.90. The fourth-order valence-electron chi connectivity index (χ4n) is 3.41. The van der Waals surface area contributed by atoms with E-state index in [0.29, 0.717) is 28.7 Å². The van der Waals surface area contributed by atoms with Gasteiger partial charge >= 0.3 is 0 Å². The highest BCUT2D eigenvalue weighted by Crippen LogP contribution is 2.36. The van der Waals surface area contributed by atoms with E-state index in [0.717, 1.165) is 18.7 Å². The summed E-state index contributed by atoms with van der Waals surface area (Å²) in [6, 6.07) is 5.47. The molecule has 12 heteroatoms.